The summed E-state index contributed by atoms with van der Waals surface area (Å²) in [5.74, 6) is -2.27. The molecule has 102 valence electrons. The Morgan fingerprint density at radius 2 is 2.05 bits per heavy atom. The van der Waals surface area contributed by atoms with Crippen LogP contribution < -0.4 is 10.6 Å². The molecule has 8 heteroatoms. The molecule has 0 bridgehead atoms. The quantitative estimate of drug-likeness (QED) is 0.814. The Morgan fingerprint density at radius 3 is 2.68 bits per heavy atom. The van der Waals surface area contributed by atoms with Gasteiger partial charge in [-0.05, 0) is 34.1 Å². The molecule has 19 heavy (non-hydrogen) atoms. The average molecular weight is 333 g/mol. The normalized spacial score (nSPS) is 9.63. The summed E-state index contributed by atoms with van der Waals surface area (Å²) in [7, 11) is 1.33. The highest BCUT2D eigenvalue weighted by Crippen LogP contribution is 2.18. The van der Waals surface area contributed by atoms with Gasteiger partial charge in [-0.1, -0.05) is 0 Å². The van der Waals surface area contributed by atoms with Gasteiger partial charge in [0.2, 0.25) is 0 Å². The minimum Gasteiger partial charge on any atom is -0.452 e. The van der Waals surface area contributed by atoms with E-state index in [0.29, 0.717) is 4.47 Å². The van der Waals surface area contributed by atoms with Crippen LogP contribution in [0, 0.1) is 5.82 Å². The average Bonchev–Trinajstić information content (AvgIpc) is 2.38. The summed E-state index contributed by atoms with van der Waals surface area (Å²) < 4.78 is 17.9. The molecule has 1 rings (SSSR count). The van der Waals surface area contributed by atoms with Gasteiger partial charge in [0.25, 0.3) is 5.91 Å². The smallest absolute Gasteiger partial charge is 0.339 e. The number of benzene rings is 1. The summed E-state index contributed by atoms with van der Waals surface area (Å²) in [6.45, 7) is -0.644. The van der Waals surface area contributed by atoms with Crippen LogP contribution in [0.2, 0.25) is 0 Å². The molecule has 0 saturated heterocycles. The highest BCUT2D eigenvalue weighted by molar-refractivity contribution is 9.10. The molecular weight excluding hydrogens is 323 g/mol. The SMILES string of the molecule is CNC(=O)NC(=O)COC(=O)c1cc(F)ccc1Br. The lowest BCUT2D eigenvalue weighted by molar-refractivity contribution is -0.123. The molecule has 1 aromatic carbocycles. The number of hydrogen-bond donors (Lipinski definition) is 2. The number of carbonyl (C=O) groups excluding carboxylic acids is 3. The number of hydrogen-bond acceptors (Lipinski definition) is 4. The molecule has 1 aromatic rings. The van der Waals surface area contributed by atoms with Crippen LogP contribution in [0.15, 0.2) is 22.7 Å². The number of esters is 1. The van der Waals surface area contributed by atoms with E-state index in [9.17, 15) is 18.8 Å². The van der Waals surface area contributed by atoms with E-state index in [1.54, 1.807) is 0 Å². The zero-order valence-corrected chi connectivity index (χ0v) is 11.4. The molecule has 0 saturated carbocycles. The first-order valence-corrected chi connectivity index (χ1v) is 5.87. The van der Waals surface area contributed by atoms with E-state index in [0.717, 1.165) is 6.07 Å². The third kappa shape index (κ3) is 4.66. The molecule has 0 unspecified atom stereocenters. The van der Waals surface area contributed by atoms with Gasteiger partial charge in [-0.15, -0.1) is 0 Å². The van der Waals surface area contributed by atoms with Gasteiger partial charge in [0.05, 0.1) is 5.56 Å². The first-order valence-electron chi connectivity index (χ1n) is 5.07. The van der Waals surface area contributed by atoms with Gasteiger partial charge in [-0.3, -0.25) is 10.1 Å². The van der Waals surface area contributed by atoms with Crippen LogP contribution in [0.5, 0.6) is 0 Å². The van der Waals surface area contributed by atoms with Crippen LogP contribution in [0.1, 0.15) is 10.4 Å². The number of imide groups is 1. The Kier molecular flexibility index (Phi) is 5.43. The van der Waals surface area contributed by atoms with Crippen molar-refractivity contribution in [2.24, 2.45) is 0 Å². The lowest BCUT2D eigenvalue weighted by Gasteiger charge is -2.06. The zero-order valence-electron chi connectivity index (χ0n) is 9.83. The standard InChI is InChI=1S/C11H10BrFN2O4/c1-14-11(18)15-9(16)5-19-10(17)7-4-6(13)2-3-8(7)12/h2-4H,5H2,1H3,(H2,14,15,16,18). The van der Waals surface area contributed by atoms with Crippen molar-refractivity contribution in [2.45, 2.75) is 0 Å². The summed E-state index contributed by atoms with van der Waals surface area (Å²) in [6, 6.07) is 2.77. The highest BCUT2D eigenvalue weighted by atomic mass is 79.9. The van der Waals surface area contributed by atoms with Crippen LogP contribution in [-0.4, -0.2) is 31.6 Å². The zero-order chi connectivity index (χ0) is 14.4. The number of halogens is 2. The van der Waals surface area contributed by atoms with Crippen molar-refractivity contribution in [3.05, 3.63) is 34.1 Å². The van der Waals surface area contributed by atoms with Crippen LogP contribution in [-0.2, 0) is 9.53 Å². The van der Waals surface area contributed by atoms with Gasteiger partial charge in [0, 0.05) is 11.5 Å². The minimum atomic E-state index is -0.876. The molecule has 0 atom stereocenters. The summed E-state index contributed by atoms with van der Waals surface area (Å²) >= 11 is 3.06. The van der Waals surface area contributed by atoms with Crippen molar-refractivity contribution in [3.8, 4) is 0 Å². The predicted molar refractivity (Wildman–Crippen MR) is 67.0 cm³/mol. The molecule has 2 N–H and O–H groups in total. The minimum absolute atomic E-state index is 0.0484. The van der Waals surface area contributed by atoms with Crippen LogP contribution >= 0.6 is 15.9 Å². The maximum Gasteiger partial charge on any atom is 0.339 e. The first kappa shape index (κ1) is 15.1. The fraction of sp³-hybridized carbons (Fsp3) is 0.182. The number of nitrogens with one attached hydrogen (secondary N) is 2. The molecule has 0 fully saturated rings. The Hall–Kier alpha value is -1.96. The van der Waals surface area contributed by atoms with Crippen LogP contribution in [0.25, 0.3) is 0 Å². The van der Waals surface area contributed by atoms with Gasteiger partial charge in [0.15, 0.2) is 6.61 Å². The van der Waals surface area contributed by atoms with E-state index >= 15 is 0 Å². The molecule has 0 aliphatic heterocycles. The molecule has 6 nitrogen and oxygen atoms in total. The Balaban J connectivity index is 2.58. The summed E-state index contributed by atoms with van der Waals surface area (Å²) in [5.41, 5.74) is -0.0484. The van der Waals surface area contributed by atoms with E-state index in [4.69, 9.17) is 0 Å². The third-order valence-electron chi connectivity index (χ3n) is 1.96. The second-order valence-electron chi connectivity index (χ2n) is 3.33. The summed E-state index contributed by atoms with van der Waals surface area (Å²) in [5, 5.41) is 4.07. The molecule has 0 spiro atoms. The van der Waals surface area contributed by atoms with E-state index < -0.39 is 30.3 Å². The maximum absolute atomic E-state index is 13.0. The van der Waals surface area contributed by atoms with E-state index in [1.165, 1.54) is 19.2 Å². The first-order chi connectivity index (χ1) is 8.93. The van der Waals surface area contributed by atoms with Crippen molar-refractivity contribution in [2.75, 3.05) is 13.7 Å². The lowest BCUT2D eigenvalue weighted by Crippen LogP contribution is -2.39. The molecule has 0 radical (unpaired) electrons. The topological polar surface area (TPSA) is 84.5 Å². The molecule has 0 aliphatic carbocycles. The predicted octanol–water partition coefficient (Wildman–Crippen LogP) is 1.20. The van der Waals surface area contributed by atoms with Crippen molar-refractivity contribution < 1.29 is 23.5 Å². The molecule has 3 amide bonds. The van der Waals surface area contributed by atoms with Crippen molar-refractivity contribution in [3.63, 3.8) is 0 Å². The van der Waals surface area contributed by atoms with Crippen molar-refractivity contribution in [1.29, 1.82) is 0 Å². The number of urea groups is 1. The lowest BCUT2D eigenvalue weighted by atomic mass is 10.2. The third-order valence-corrected chi connectivity index (χ3v) is 2.65. The van der Waals surface area contributed by atoms with E-state index in [1.807, 2.05) is 5.32 Å². The second kappa shape index (κ2) is 6.83. The summed E-state index contributed by atoms with van der Waals surface area (Å²) in [4.78, 5) is 33.5. The number of ether oxygens (including phenoxy) is 1. The van der Waals surface area contributed by atoms with Gasteiger partial charge < -0.3 is 10.1 Å². The van der Waals surface area contributed by atoms with Gasteiger partial charge in [-0.25, -0.2) is 14.0 Å². The molecule has 0 heterocycles. The second-order valence-corrected chi connectivity index (χ2v) is 4.18. The number of rotatable bonds is 3. The van der Waals surface area contributed by atoms with Gasteiger partial charge >= 0.3 is 12.0 Å². The van der Waals surface area contributed by atoms with Gasteiger partial charge in [-0.2, -0.15) is 0 Å². The Bertz CT molecular complexity index is 521. The van der Waals surface area contributed by atoms with Crippen LogP contribution in [0.3, 0.4) is 0 Å². The highest BCUT2D eigenvalue weighted by Gasteiger charge is 2.15. The van der Waals surface area contributed by atoms with Gasteiger partial charge in [0.1, 0.15) is 5.82 Å². The van der Waals surface area contributed by atoms with E-state index in [-0.39, 0.29) is 5.56 Å². The van der Waals surface area contributed by atoms with Crippen molar-refractivity contribution in [1.82, 2.24) is 10.6 Å². The summed E-state index contributed by atoms with van der Waals surface area (Å²) in [6.07, 6.45) is 0. The fourth-order valence-corrected chi connectivity index (χ4v) is 1.50. The monoisotopic (exact) mass is 332 g/mol. The number of amides is 3. The van der Waals surface area contributed by atoms with Crippen LogP contribution in [0.4, 0.5) is 9.18 Å². The molecule has 0 aromatic heterocycles. The van der Waals surface area contributed by atoms with E-state index in [2.05, 4.69) is 26.0 Å². The number of carbonyl (C=O) groups is 3. The van der Waals surface area contributed by atoms with Crippen molar-refractivity contribution >= 4 is 33.8 Å². The fourth-order valence-electron chi connectivity index (χ4n) is 1.09. The Morgan fingerprint density at radius 1 is 1.37 bits per heavy atom. The maximum atomic E-state index is 13.0. The largest absolute Gasteiger partial charge is 0.452 e. The molecular formula is C11H10BrFN2O4. The molecule has 0 aliphatic rings. The Labute approximate surface area is 116 Å².